The van der Waals surface area contributed by atoms with Gasteiger partial charge in [0.05, 0.1) is 12.5 Å². The third kappa shape index (κ3) is 2.44. The minimum Gasteiger partial charge on any atom is -0.465 e. The Morgan fingerprint density at radius 1 is 1.31 bits per heavy atom. The summed E-state index contributed by atoms with van der Waals surface area (Å²) < 4.78 is 5.20. The molecule has 2 fully saturated rings. The van der Waals surface area contributed by atoms with E-state index in [1.54, 1.807) is 0 Å². The van der Waals surface area contributed by atoms with Crippen LogP contribution in [-0.2, 0) is 9.53 Å². The van der Waals surface area contributed by atoms with E-state index in [-0.39, 0.29) is 17.9 Å². The van der Waals surface area contributed by atoms with Crippen LogP contribution in [0.15, 0.2) is 0 Å². The predicted octanol–water partition coefficient (Wildman–Crippen LogP) is 1.07. The summed E-state index contributed by atoms with van der Waals surface area (Å²) in [5.41, 5.74) is 5.72. The summed E-state index contributed by atoms with van der Waals surface area (Å²) in [6.45, 7) is 0.643. The normalized spacial score (nSPS) is 33.3. The molecule has 74 valence electrons. The molecular weight excluding hydrogens is 166 g/mol. The number of esters is 1. The highest BCUT2D eigenvalue weighted by Crippen LogP contribution is 2.30. The van der Waals surface area contributed by atoms with Gasteiger partial charge in [-0.2, -0.15) is 0 Å². The van der Waals surface area contributed by atoms with E-state index in [0.29, 0.717) is 12.5 Å². The maximum absolute atomic E-state index is 11.4. The van der Waals surface area contributed by atoms with Crippen LogP contribution in [0.5, 0.6) is 0 Å². The molecule has 13 heavy (non-hydrogen) atoms. The molecule has 3 nitrogen and oxygen atoms in total. The van der Waals surface area contributed by atoms with Crippen molar-refractivity contribution in [3.63, 3.8) is 0 Å². The number of nitrogens with two attached hydrogens (primary N) is 1. The van der Waals surface area contributed by atoms with Crippen molar-refractivity contribution in [2.24, 2.45) is 17.6 Å². The van der Waals surface area contributed by atoms with Crippen LogP contribution in [0.25, 0.3) is 0 Å². The van der Waals surface area contributed by atoms with Gasteiger partial charge in [-0.25, -0.2) is 0 Å². The van der Waals surface area contributed by atoms with E-state index in [2.05, 4.69) is 0 Å². The molecule has 0 aromatic heterocycles. The second-order valence-corrected chi connectivity index (χ2v) is 4.34. The van der Waals surface area contributed by atoms with Gasteiger partial charge in [-0.1, -0.05) is 0 Å². The zero-order chi connectivity index (χ0) is 9.26. The zero-order valence-corrected chi connectivity index (χ0v) is 7.87. The van der Waals surface area contributed by atoms with E-state index in [1.807, 2.05) is 0 Å². The Balaban J connectivity index is 1.69. The number of rotatable bonds is 3. The highest BCUT2D eigenvalue weighted by atomic mass is 16.5. The highest BCUT2D eigenvalue weighted by molar-refractivity contribution is 5.72. The molecule has 0 saturated heterocycles. The van der Waals surface area contributed by atoms with E-state index in [0.717, 1.165) is 19.3 Å². The van der Waals surface area contributed by atoms with Gasteiger partial charge in [0.15, 0.2) is 0 Å². The van der Waals surface area contributed by atoms with Crippen LogP contribution in [0.3, 0.4) is 0 Å². The molecule has 2 N–H and O–H groups in total. The van der Waals surface area contributed by atoms with Crippen molar-refractivity contribution in [2.75, 3.05) is 6.61 Å². The topological polar surface area (TPSA) is 52.3 Å². The first-order valence-electron chi connectivity index (χ1n) is 5.18. The van der Waals surface area contributed by atoms with Gasteiger partial charge >= 0.3 is 5.97 Å². The predicted molar refractivity (Wildman–Crippen MR) is 49.0 cm³/mol. The van der Waals surface area contributed by atoms with Gasteiger partial charge in [-0.05, 0) is 38.0 Å². The number of hydrogen-bond acceptors (Lipinski definition) is 3. The summed E-state index contributed by atoms with van der Waals surface area (Å²) in [5.74, 6) is 0.743. The van der Waals surface area contributed by atoms with E-state index >= 15 is 0 Å². The lowest BCUT2D eigenvalue weighted by Crippen LogP contribution is -2.20. The average Bonchev–Trinajstić information content (AvgIpc) is 2.84. The average molecular weight is 183 g/mol. The van der Waals surface area contributed by atoms with Crippen molar-refractivity contribution in [1.82, 2.24) is 0 Å². The molecule has 2 saturated carbocycles. The Labute approximate surface area is 78.6 Å². The maximum atomic E-state index is 11.4. The van der Waals surface area contributed by atoms with E-state index in [1.165, 1.54) is 12.8 Å². The molecule has 0 bridgehead atoms. The molecule has 0 aromatic carbocycles. The molecule has 0 spiro atoms. The lowest BCUT2D eigenvalue weighted by molar-refractivity contribution is -0.148. The summed E-state index contributed by atoms with van der Waals surface area (Å²) in [7, 11) is 0. The lowest BCUT2D eigenvalue weighted by Gasteiger charge is -2.08. The second kappa shape index (κ2) is 3.66. The first-order chi connectivity index (χ1) is 6.25. The second-order valence-electron chi connectivity index (χ2n) is 4.34. The Morgan fingerprint density at radius 2 is 2.08 bits per heavy atom. The summed E-state index contributed by atoms with van der Waals surface area (Å²) in [6, 6.07) is 0.221. The summed E-state index contributed by atoms with van der Waals surface area (Å²) >= 11 is 0. The third-order valence-corrected chi connectivity index (χ3v) is 2.96. The fraction of sp³-hybridized carbons (Fsp3) is 0.900. The Hall–Kier alpha value is -0.570. The molecule has 2 rings (SSSR count). The van der Waals surface area contributed by atoms with Crippen LogP contribution in [0.1, 0.15) is 32.1 Å². The molecule has 2 aliphatic rings. The van der Waals surface area contributed by atoms with Crippen LogP contribution >= 0.6 is 0 Å². The van der Waals surface area contributed by atoms with E-state index < -0.39 is 0 Å². The molecule has 0 aliphatic heterocycles. The number of carbonyl (C=O) groups is 1. The quantitative estimate of drug-likeness (QED) is 0.666. The number of hydrogen-bond donors (Lipinski definition) is 1. The maximum Gasteiger partial charge on any atom is 0.308 e. The van der Waals surface area contributed by atoms with Crippen LogP contribution in [0, 0.1) is 11.8 Å². The molecule has 3 heteroatoms. The van der Waals surface area contributed by atoms with Crippen molar-refractivity contribution in [3.8, 4) is 0 Å². The van der Waals surface area contributed by atoms with Gasteiger partial charge in [-0.15, -0.1) is 0 Å². The van der Waals surface area contributed by atoms with E-state index in [4.69, 9.17) is 10.5 Å². The van der Waals surface area contributed by atoms with Gasteiger partial charge in [0.1, 0.15) is 0 Å². The SMILES string of the molecule is N[C@H]1CC[C@@H](C(=O)OCC2CC2)C1. The van der Waals surface area contributed by atoms with Crippen LogP contribution < -0.4 is 5.73 Å². The Morgan fingerprint density at radius 3 is 2.62 bits per heavy atom. The van der Waals surface area contributed by atoms with Crippen LogP contribution in [0.4, 0.5) is 0 Å². The first kappa shape index (κ1) is 9.00. The van der Waals surface area contributed by atoms with Gasteiger partial charge in [0, 0.05) is 6.04 Å². The lowest BCUT2D eigenvalue weighted by atomic mass is 10.1. The minimum atomic E-state index is -0.0140. The Bertz CT molecular complexity index is 201. The molecule has 0 aromatic rings. The molecule has 0 amide bonds. The first-order valence-corrected chi connectivity index (χ1v) is 5.18. The van der Waals surface area contributed by atoms with Crippen LogP contribution in [0.2, 0.25) is 0 Å². The smallest absolute Gasteiger partial charge is 0.308 e. The van der Waals surface area contributed by atoms with Gasteiger partial charge in [0.25, 0.3) is 0 Å². The molecule has 0 unspecified atom stereocenters. The van der Waals surface area contributed by atoms with Crippen molar-refractivity contribution in [3.05, 3.63) is 0 Å². The minimum absolute atomic E-state index is 0.0140. The van der Waals surface area contributed by atoms with Crippen molar-refractivity contribution < 1.29 is 9.53 Å². The monoisotopic (exact) mass is 183 g/mol. The van der Waals surface area contributed by atoms with Crippen molar-refractivity contribution in [1.29, 1.82) is 0 Å². The van der Waals surface area contributed by atoms with Crippen molar-refractivity contribution in [2.45, 2.75) is 38.1 Å². The van der Waals surface area contributed by atoms with Gasteiger partial charge in [-0.3, -0.25) is 4.79 Å². The number of carbonyl (C=O) groups excluding carboxylic acids is 1. The Kier molecular flexibility index (Phi) is 2.54. The number of ether oxygens (including phenoxy) is 1. The summed E-state index contributed by atoms with van der Waals surface area (Å²) in [6.07, 6.45) is 5.19. The highest BCUT2D eigenvalue weighted by Gasteiger charge is 2.30. The largest absolute Gasteiger partial charge is 0.465 e. The van der Waals surface area contributed by atoms with Gasteiger partial charge < -0.3 is 10.5 Å². The molecule has 0 radical (unpaired) electrons. The third-order valence-electron chi connectivity index (χ3n) is 2.96. The van der Waals surface area contributed by atoms with E-state index in [9.17, 15) is 4.79 Å². The molecule has 2 aliphatic carbocycles. The molecular formula is C10H17NO2. The zero-order valence-electron chi connectivity index (χ0n) is 7.87. The van der Waals surface area contributed by atoms with Crippen LogP contribution in [-0.4, -0.2) is 18.6 Å². The summed E-state index contributed by atoms with van der Waals surface area (Å²) in [5, 5.41) is 0. The van der Waals surface area contributed by atoms with Gasteiger partial charge in [0.2, 0.25) is 0 Å². The molecule has 0 heterocycles. The summed E-state index contributed by atoms with van der Waals surface area (Å²) in [4.78, 5) is 11.4. The fourth-order valence-corrected chi connectivity index (χ4v) is 1.83. The molecule has 2 atom stereocenters. The van der Waals surface area contributed by atoms with Crippen molar-refractivity contribution >= 4 is 5.97 Å². The standard InChI is InChI=1S/C10H17NO2/c11-9-4-3-8(5-9)10(12)13-6-7-1-2-7/h7-9H,1-6,11H2/t8-,9+/m1/s1. The fourth-order valence-electron chi connectivity index (χ4n) is 1.83.